The molecule has 0 saturated heterocycles. The molecule has 4 heteroatoms. The summed E-state index contributed by atoms with van der Waals surface area (Å²) < 4.78 is 0. The lowest BCUT2D eigenvalue weighted by molar-refractivity contribution is -0.114. The number of hydrogen-bond acceptors (Lipinski definition) is 2. The number of benzene rings is 3. The van der Waals surface area contributed by atoms with E-state index in [0.717, 1.165) is 11.1 Å². The second-order valence-electron chi connectivity index (χ2n) is 6.05. The van der Waals surface area contributed by atoms with Crippen molar-refractivity contribution >= 4 is 35.3 Å². The van der Waals surface area contributed by atoms with E-state index in [4.69, 9.17) is 0 Å². The lowest BCUT2D eigenvalue weighted by Gasteiger charge is -2.10. The fourth-order valence-corrected chi connectivity index (χ4v) is 2.61. The quantitative estimate of drug-likeness (QED) is 0.627. The second kappa shape index (κ2) is 8.63. The molecule has 27 heavy (non-hydrogen) atoms. The molecule has 0 aliphatic rings. The van der Waals surface area contributed by atoms with Gasteiger partial charge in [0.15, 0.2) is 0 Å². The molecule has 3 aromatic carbocycles. The minimum atomic E-state index is -0.271. The van der Waals surface area contributed by atoms with Crippen LogP contribution in [0.3, 0.4) is 0 Å². The van der Waals surface area contributed by atoms with Crippen molar-refractivity contribution in [2.75, 3.05) is 10.6 Å². The van der Waals surface area contributed by atoms with Gasteiger partial charge in [-0.15, -0.1) is 0 Å². The first-order chi connectivity index (χ1) is 13.1. The maximum Gasteiger partial charge on any atom is 0.257 e. The SMILES string of the molecule is CC(=O)Nc1ccccc1C(=O)Nc1ccc(C=Cc2ccccc2)cc1. The Morgan fingerprint density at radius 1 is 0.704 bits per heavy atom. The van der Waals surface area contributed by atoms with E-state index in [0.29, 0.717) is 16.9 Å². The van der Waals surface area contributed by atoms with Crippen LogP contribution in [-0.4, -0.2) is 11.8 Å². The van der Waals surface area contributed by atoms with E-state index >= 15 is 0 Å². The monoisotopic (exact) mass is 356 g/mol. The van der Waals surface area contributed by atoms with Crippen LogP contribution in [0.5, 0.6) is 0 Å². The van der Waals surface area contributed by atoms with Gasteiger partial charge in [0.05, 0.1) is 11.3 Å². The lowest BCUT2D eigenvalue weighted by Crippen LogP contribution is -2.16. The van der Waals surface area contributed by atoms with Gasteiger partial charge >= 0.3 is 0 Å². The van der Waals surface area contributed by atoms with Crippen molar-refractivity contribution in [1.29, 1.82) is 0 Å². The number of amides is 2. The van der Waals surface area contributed by atoms with Crippen LogP contribution in [0.2, 0.25) is 0 Å². The van der Waals surface area contributed by atoms with Crippen molar-refractivity contribution in [3.05, 3.63) is 95.6 Å². The van der Waals surface area contributed by atoms with Gasteiger partial charge < -0.3 is 10.6 Å². The van der Waals surface area contributed by atoms with Crippen molar-refractivity contribution in [3.8, 4) is 0 Å². The average molecular weight is 356 g/mol. The summed E-state index contributed by atoms with van der Waals surface area (Å²) in [6.45, 7) is 1.41. The van der Waals surface area contributed by atoms with Gasteiger partial charge in [-0.05, 0) is 35.4 Å². The van der Waals surface area contributed by atoms with Crippen LogP contribution in [0, 0.1) is 0 Å². The summed E-state index contributed by atoms with van der Waals surface area (Å²) in [6.07, 6.45) is 4.06. The Kier molecular flexibility index (Phi) is 5.80. The fourth-order valence-electron chi connectivity index (χ4n) is 2.61. The molecule has 0 aromatic heterocycles. The molecule has 0 bridgehead atoms. The van der Waals surface area contributed by atoms with Crippen molar-refractivity contribution in [3.63, 3.8) is 0 Å². The molecule has 0 unspecified atom stereocenters. The van der Waals surface area contributed by atoms with Crippen LogP contribution < -0.4 is 10.6 Å². The molecule has 4 nitrogen and oxygen atoms in total. The number of hydrogen-bond donors (Lipinski definition) is 2. The third-order valence-electron chi connectivity index (χ3n) is 3.92. The molecule has 2 amide bonds. The van der Waals surface area contributed by atoms with E-state index in [2.05, 4.69) is 10.6 Å². The summed E-state index contributed by atoms with van der Waals surface area (Å²) in [4.78, 5) is 23.8. The maximum atomic E-state index is 12.5. The van der Waals surface area contributed by atoms with Crippen molar-refractivity contribution in [2.45, 2.75) is 6.92 Å². The van der Waals surface area contributed by atoms with Crippen LogP contribution in [-0.2, 0) is 4.79 Å². The highest BCUT2D eigenvalue weighted by Crippen LogP contribution is 2.18. The van der Waals surface area contributed by atoms with Crippen LogP contribution in [0.4, 0.5) is 11.4 Å². The molecular formula is C23H20N2O2. The number of anilines is 2. The highest BCUT2D eigenvalue weighted by Gasteiger charge is 2.11. The summed E-state index contributed by atoms with van der Waals surface area (Å²) in [5.74, 6) is -0.489. The third-order valence-corrected chi connectivity index (χ3v) is 3.92. The van der Waals surface area contributed by atoms with E-state index in [-0.39, 0.29) is 11.8 Å². The lowest BCUT2D eigenvalue weighted by atomic mass is 10.1. The molecule has 134 valence electrons. The van der Waals surface area contributed by atoms with E-state index < -0.39 is 0 Å². The zero-order chi connectivity index (χ0) is 19.1. The third kappa shape index (κ3) is 5.16. The van der Waals surface area contributed by atoms with Crippen molar-refractivity contribution in [2.24, 2.45) is 0 Å². The predicted octanol–water partition coefficient (Wildman–Crippen LogP) is 5.07. The van der Waals surface area contributed by atoms with Crippen molar-refractivity contribution in [1.82, 2.24) is 0 Å². The van der Waals surface area contributed by atoms with Gasteiger partial charge in [-0.2, -0.15) is 0 Å². The standard InChI is InChI=1S/C23H20N2O2/c1-17(26)24-22-10-6-5-9-21(22)23(27)25-20-15-13-19(14-16-20)12-11-18-7-3-2-4-8-18/h2-16H,1H3,(H,24,26)(H,25,27). The second-order valence-corrected chi connectivity index (χ2v) is 6.05. The van der Waals surface area contributed by atoms with Crippen LogP contribution >= 0.6 is 0 Å². The Balaban J connectivity index is 1.69. The maximum absolute atomic E-state index is 12.5. The van der Waals surface area contributed by atoms with Gasteiger partial charge in [-0.25, -0.2) is 0 Å². The first-order valence-electron chi connectivity index (χ1n) is 8.63. The molecule has 0 saturated carbocycles. The highest BCUT2D eigenvalue weighted by molar-refractivity contribution is 6.09. The van der Waals surface area contributed by atoms with Gasteiger partial charge in [0.1, 0.15) is 0 Å². The van der Waals surface area contributed by atoms with E-state index in [1.807, 2.05) is 66.7 Å². The molecule has 0 spiro atoms. The Morgan fingerprint density at radius 3 is 1.96 bits per heavy atom. The molecule has 0 atom stereocenters. The average Bonchev–Trinajstić information content (AvgIpc) is 2.68. The van der Waals surface area contributed by atoms with Gasteiger partial charge in [0, 0.05) is 12.6 Å². The summed E-state index contributed by atoms with van der Waals surface area (Å²) in [5, 5.41) is 5.53. The summed E-state index contributed by atoms with van der Waals surface area (Å²) in [5.41, 5.74) is 3.76. The molecule has 0 aliphatic carbocycles. The molecule has 0 fully saturated rings. The first kappa shape index (κ1) is 18.1. The molecule has 2 N–H and O–H groups in total. The van der Waals surface area contributed by atoms with Gasteiger partial charge in [-0.3, -0.25) is 9.59 Å². The topological polar surface area (TPSA) is 58.2 Å². The molecule has 0 heterocycles. The van der Waals surface area contributed by atoms with Gasteiger partial charge in [0.25, 0.3) is 5.91 Å². The van der Waals surface area contributed by atoms with Gasteiger partial charge in [0.2, 0.25) is 5.91 Å². The summed E-state index contributed by atoms with van der Waals surface area (Å²) in [6, 6.07) is 24.6. The minimum Gasteiger partial charge on any atom is -0.326 e. The number of carbonyl (C=O) groups excluding carboxylic acids is 2. The number of nitrogens with one attached hydrogen (secondary N) is 2. The largest absolute Gasteiger partial charge is 0.326 e. The number of carbonyl (C=O) groups is 2. The summed E-state index contributed by atoms with van der Waals surface area (Å²) >= 11 is 0. The Bertz CT molecular complexity index is 961. The highest BCUT2D eigenvalue weighted by atomic mass is 16.2. The number of rotatable bonds is 5. The smallest absolute Gasteiger partial charge is 0.257 e. The molecular weight excluding hydrogens is 336 g/mol. The van der Waals surface area contributed by atoms with Gasteiger partial charge in [-0.1, -0.05) is 66.7 Å². The predicted molar refractivity (Wildman–Crippen MR) is 111 cm³/mol. The Labute approximate surface area is 158 Å². The number of para-hydroxylation sites is 1. The Morgan fingerprint density at radius 2 is 1.30 bits per heavy atom. The normalized spacial score (nSPS) is 10.6. The fraction of sp³-hybridized carbons (Fsp3) is 0.0435. The zero-order valence-electron chi connectivity index (χ0n) is 15.0. The Hall–Kier alpha value is -3.66. The zero-order valence-corrected chi connectivity index (χ0v) is 15.0. The van der Waals surface area contributed by atoms with Crippen LogP contribution in [0.15, 0.2) is 78.9 Å². The van der Waals surface area contributed by atoms with E-state index in [1.165, 1.54) is 6.92 Å². The van der Waals surface area contributed by atoms with E-state index in [9.17, 15) is 9.59 Å². The summed E-state index contributed by atoms with van der Waals surface area (Å²) in [7, 11) is 0. The van der Waals surface area contributed by atoms with Crippen LogP contribution in [0.1, 0.15) is 28.4 Å². The molecule has 0 radical (unpaired) electrons. The van der Waals surface area contributed by atoms with E-state index in [1.54, 1.807) is 24.3 Å². The first-order valence-corrected chi connectivity index (χ1v) is 8.63. The van der Waals surface area contributed by atoms with Crippen molar-refractivity contribution < 1.29 is 9.59 Å². The molecule has 0 aliphatic heterocycles. The minimum absolute atomic E-state index is 0.218. The molecule has 3 aromatic rings. The molecule has 3 rings (SSSR count). The van der Waals surface area contributed by atoms with Crippen LogP contribution in [0.25, 0.3) is 12.2 Å².